The van der Waals surface area contributed by atoms with Crippen LogP contribution in [0.15, 0.2) is 36.5 Å². The van der Waals surface area contributed by atoms with Crippen molar-refractivity contribution in [1.29, 1.82) is 0 Å². The fourth-order valence-corrected chi connectivity index (χ4v) is 8.89. The van der Waals surface area contributed by atoms with E-state index in [9.17, 15) is 14.4 Å². The van der Waals surface area contributed by atoms with Gasteiger partial charge in [0.1, 0.15) is 13.2 Å². The summed E-state index contributed by atoms with van der Waals surface area (Å²) in [7, 11) is 0. The fraction of sp³-hybridized carbons (Fsp3) is 0.855. The van der Waals surface area contributed by atoms with Gasteiger partial charge in [-0.1, -0.05) is 269 Å². The molecule has 68 heavy (non-hydrogen) atoms. The molecule has 0 heterocycles. The van der Waals surface area contributed by atoms with E-state index in [2.05, 4.69) is 57.2 Å². The molecule has 0 aromatic rings. The van der Waals surface area contributed by atoms with Gasteiger partial charge >= 0.3 is 17.9 Å². The van der Waals surface area contributed by atoms with Gasteiger partial charge in [0.15, 0.2) is 6.10 Å². The second-order valence-corrected chi connectivity index (χ2v) is 20.2. The molecule has 0 rings (SSSR count). The number of allylic oxidation sites excluding steroid dienone is 6. The van der Waals surface area contributed by atoms with Crippen LogP contribution in [0.1, 0.15) is 323 Å². The molecule has 0 aliphatic carbocycles. The standard InChI is InChI=1S/C62H114O6/c1-4-7-10-13-16-19-22-25-28-30-31-33-34-37-40-43-46-49-52-55-61(64)67-58-59(57-66-60(63)54-51-48-45-42-39-36-27-24-21-18-15-12-9-6-3)68-62(65)56-53-50-47-44-41-38-35-32-29-26-23-20-17-14-11-8-5-2/h9,12,18,21,26,29,59H,4-8,10-11,13-17,19-20,22-25,27-28,30-58H2,1-3H3/b12-9-,21-18-,29-26-. The Morgan fingerprint density at radius 3 is 0.897 bits per heavy atom. The van der Waals surface area contributed by atoms with Gasteiger partial charge in [0.2, 0.25) is 0 Å². The average Bonchev–Trinajstić information content (AvgIpc) is 3.34. The van der Waals surface area contributed by atoms with Gasteiger partial charge in [-0.2, -0.15) is 0 Å². The van der Waals surface area contributed by atoms with Gasteiger partial charge in [-0.05, 0) is 70.6 Å². The van der Waals surface area contributed by atoms with E-state index in [0.29, 0.717) is 19.3 Å². The van der Waals surface area contributed by atoms with Crippen molar-refractivity contribution in [1.82, 2.24) is 0 Å². The quantitative estimate of drug-likeness (QED) is 0.0262. The third-order valence-corrected chi connectivity index (χ3v) is 13.4. The second-order valence-electron chi connectivity index (χ2n) is 20.2. The SMILES string of the molecule is CC/C=C\C/C=C\CCCCCCCCCC(=O)OCC(COC(=O)CCCCCCCCCCCCCCCCCCCCC)OC(=O)CCCCCCCCC/C=C\CCCCCCCC. The first-order valence-electron chi connectivity index (χ1n) is 30.0. The summed E-state index contributed by atoms with van der Waals surface area (Å²) in [5.74, 6) is -0.866. The molecule has 0 aromatic heterocycles. The summed E-state index contributed by atoms with van der Waals surface area (Å²) in [5, 5.41) is 0. The largest absolute Gasteiger partial charge is 0.462 e. The summed E-state index contributed by atoms with van der Waals surface area (Å²) < 4.78 is 16.9. The van der Waals surface area contributed by atoms with Crippen LogP contribution < -0.4 is 0 Å². The molecule has 0 fully saturated rings. The van der Waals surface area contributed by atoms with Crippen LogP contribution in [-0.2, 0) is 28.6 Å². The number of esters is 3. The normalized spacial score (nSPS) is 12.2. The minimum atomic E-state index is -0.775. The highest BCUT2D eigenvalue weighted by atomic mass is 16.6. The minimum absolute atomic E-state index is 0.0725. The summed E-state index contributed by atoms with van der Waals surface area (Å²) in [5.41, 5.74) is 0. The molecule has 0 saturated heterocycles. The predicted molar refractivity (Wildman–Crippen MR) is 293 cm³/mol. The Morgan fingerprint density at radius 1 is 0.309 bits per heavy atom. The Morgan fingerprint density at radius 2 is 0.574 bits per heavy atom. The third-order valence-electron chi connectivity index (χ3n) is 13.4. The predicted octanol–water partition coefficient (Wildman–Crippen LogP) is 20.0. The highest BCUT2D eigenvalue weighted by Crippen LogP contribution is 2.17. The fourth-order valence-electron chi connectivity index (χ4n) is 8.89. The minimum Gasteiger partial charge on any atom is -0.462 e. The maximum Gasteiger partial charge on any atom is 0.306 e. The zero-order chi connectivity index (χ0) is 49.3. The molecule has 398 valence electrons. The van der Waals surface area contributed by atoms with Crippen molar-refractivity contribution in [3.8, 4) is 0 Å². The smallest absolute Gasteiger partial charge is 0.306 e. The molecule has 6 heteroatoms. The second kappa shape index (κ2) is 57.2. The van der Waals surface area contributed by atoms with Gasteiger partial charge in [0.05, 0.1) is 0 Å². The zero-order valence-corrected chi connectivity index (χ0v) is 45.6. The molecule has 0 amide bonds. The summed E-state index contributed by atoms with van der Waals surface area (Å²) >= 11 is 0. The molecule has 1 unspecified atom stereocenters. The summed E-state index contributed by atoms with van der Waals surface area (Å²) in [6, 6.07) is 0. The molecule has 0 aliphatic heterocycles. The Labute approximate surface area is 423 Å². The van der Waals surface area contributed by atoms with Crippen LogP contribution in [0.2, 0.25) is 0 Å². The molecule has 0 spiro atoms. The third kappa shape index (κ3) is 54.6. The molecule has 0 radical (unpaired) electrons. The van der Waals surface area contributed by atoms with Crippen LogP contribution in [0, 0.1) is 0 Å². The van der Waals surface area contributed by atoms with Crippen LogP contribution in [0.5, 0.6) is 0 Å². The highest BCUT2D eigenvalue weighted by molar-refractivity contribution is 5.71. The van der Waals surface area contributed by atoms with Crippen LogP contribution >= 0.6 is 0 Å². The molecule has 0 bridgehead atoms. The number of carbonyl (C=O) groups excluding carboxylic acids is 3. The van der Waals surface area contributed by atoms with Crippen molar-refractivity contribution in [3.05, 3.63) is 36.5 Å². The van der Waals surface area contributed by atoms with Gasteiger partial charge in [-0.25, -0.2) is 0 Å². The van der Waals surface area contributed by atoms with E-state index < -0.39 is 6.10 Å². The van der Waals surface area contributed by atoms with Crippen LogP contribution in [0.25, 0.3) is 0 Å². The molecular formula is C62H114O6. The lowest BCUT2D eigenvalue weighted by Gasteiger charge is -2.18. The number of hydrogen-bond donors (Lipinski definition) is 0. The molecule has 0 N–H and O–H groups in total. The number of ether oxygens (including phenoxy) is 3. The highest BCUT2D eigenvalue weighted by Gasteiger charge is 2.19. The lowest BCUT2D eigenvalue weighted by atomic mass is 10.0. The first-order valence-corrected chi connectivity index (χ1v) is 30.0. The number of rotatable bonds is 55. The number of unbranched alkanes of at least 4 members (excludes halogenated alkanes) is 38. The van der Waals surface area contributed by atoms with Gasteiger partial charge < -0.3 is 14.2 Å². The lowest BCUT2D eigenvalue weighted by Crippen LogP contribution is -2.30. The van der Waals surface area contributed by atoms with Crippen molar-refractivity contribution < 1.29 is 28.6 Å². The lowest BCUT2D eigenvalue weighted by molar-refractivity contribution is -0.167. The van der Waals surface area contributed by atoms with Gasteiger partial charge in [0.25, 0.3) is 0 Å². The Bertz CT molecular complexity index is 1140. The van der Waals surface area contributed by atoms with E-state index in [0.717, 1.165) is 77.0 Å². The Kier molecular flexibility index (Phi) is 55.2. The molecule has 0 aliphatic rings. The maximum atomic E-state index is 12.9. The molecular weight excluding hydrogens is 841 g/mol. The van der Waals surface area contributed by atoms with Gasteiger partial charge in [-0.3, -0.25) is 14.4 Å². The zero-order valence-electron chi connectivity index (χ0n) is 45.6. The monoisotopic (exact) mass is 955 g/mol. The van der Waals surface area contributed by atoms with Gasteiger partial charge in [-0.15, -0.1) is 0 Å². The van der Waals surface area contributed by atoms with E-state index in [1.54, 1.807) is 0 Å². The van der Waals surface area contributed by atoms with E-state index >= 15 is 0 Å². The average molecular weight is 956 g/mol. The maximum absolute atomic E-state index is 12.9. The van der Waals surface area contributed by atoms with E-state index in [1.165, 1.54) is 205 Å². The number of hydrogen-bond acceptors (Lipinski definition) is 6. The molecule has 0 aromatic carbocycles. The molecule has 6 nitrogen and oxygen atoms in total. The van der Waals surface area contributed by atoms with Crippen molar-refractivity contribution in [3.63, 3.8) is 0 Å². The van der Waals surface area contributed by atoms with E-state index in [1.807, 2.05) is 0 Å². The van der Waals surface area contributed by atoms with E-state index in [4.69, 9.17) is 14.2 Å². The first-order chi connectivity index (χ1) is 33.5. The number of carbonyl (C=O) groups is 3. The van der Waals surface area contributed by atoms with Crippen molar-refractivity contribution >= 4 is 17.9 Å². The topological polar surface area (TPSA) is 78.9 Å². The summed E-state index contributed by atoms with van der Waals surface area (Å²) in [4.78, 5) is 38.2. The van der Waals surface area contributed by atoms with E-state index in [-0.39, 0.29) is 31.1 Å². The summed E-state index contributed by atoms with van der Waals surface area (Å²) in [6.45, 7) is 6.57. The van der Waals surface area contributed by atoms with Crippen LogP contribution in [-0.4, -0.2) is 37.2 Å². The van der Waals surface area contributed by atoms with Crippen LogP contribution in [0.3, 0.4) is 0 Å². The molecule has 1 atom stereocenters. The Hall–Kier alpha value is -2.37. The van der Waals surface area contributed by atoms with Gasteiger partial charge in [0, 0.05) is 19.3 Å². The van der Waals surface area contributed by atoms with Crippen LogP contribution in [0.4, 0.5) is 0 Å². The van der Waals surface area contributed by atoms with Crippen molar-refractivity contribution in [2.75, 3.05) is 13.2 Å². The van der Waals surface area contributed by atoms with Crippen molar-refractivity contribution in [2.45, 2.75) is 329 Å². The Balaban J connectivity index is 4.32. The molecule has 0 saturated carbocycles. The summed E-state index contributed by atoms with van der Waals surface area (Å²) in [6.07, 6.45) is 68.5. The first kappa shape index (κ1) is 65.6. The van der Waals surface area contributed by atoms with Crippen molar-refractivity contribution in [2.24, 2.45) is 0 Å².